The van der Waals surface area contributed by atoms with Crippen LogP contribution in [-0.4, -0.2) is 21.2 Å². The Hall–Kier alpha value is -1.55. The summed E-state index contributed by atoms with van der Waals surface area (Å²) in [5.41, 5.74) is 2.99. The van der Waals surface area contributed by atoms with Crippen LogP contribution in [0.15, 0.2) is 35.6 Å². The van der Waals surface area contributed by atoms with Gasteiger partial charge in [0.25, 0.3) is 0 Å². The smallest absolute Gasteiger partial charge is 0.166 e. The first-order valence-corrected chi connectivity index (χ1v) is 5.88. The van der Waals surface area contributed by atoms with E-state index >= 15 is 0 Å². The van der Waals surface area contributed by atoms with E-state index in [1.54, 1.807) is 11.8 Å². The third-order valence-corrected chi connectivity index (χ3v) is 2.98. The fourth-order valence-corrected chi connectivity index (χ4v) is 2.07. The topological polar surface area (TPSA) is 41.6 Å². The highest BCUT2D eigenvalue weighted by Crippen LogP contribution is 2.23. The molecule has 0 unspecified atom stereocenters. The average Bonchev–Trinajstić information content (AvgIpc) is 2.72. The Morgan fingerprint density at radius 1 is 1.27 bits per heavy atom. The Morgan fingerprint density at radius 2 is 2.13 bits per heavy atom. The minimum absolute atomic E-state index is 0.933. The van der Waals surface area contributed by atoms with E-state index in [2.05, 4.69) is 21.0 Å². The van der Waals surface area contributed by atoms with Gasteiger partial charge < -0.3 is 4.98 Å². The normalized spacial score (nSPS) is 11.3. The summed E-state index contributed by atoms with van der Waals surface area (Å²) in [5.74, 6) is 0. The number of para-hydroxylation sites is 1. The molecule has 0 aliphatic heterocycles. The van der Waals surface area contributed by atoms with Crippen LogP contribution in [0.3, 0.4) is 0 Å². The maximum atomic E-state index is 4.53. The molecular formula is C11H9N3S. The van der Waals surface area contributed by atoms with Crippen LogP contribution in [0.2, 0.25) is 0 Å². The third-order valence-electron chi connectivity index (χ3n) is 2.40. The van der Waals surface area contributed by atoms with Crippen molar-refractivity contribution in [1.82, 2.24) is 15.0 Å². The second-order valence-corrected chi connectivity index (χ2v) is 4.08. The largest absolute Gasteiger partial charge is 0.332 e. The summed E-state index contributed by atoms with van der Waals surface area (Å²) in [6.07, 6.45) is 3.84. The summed E-state index contributed by atoms with van der Waals surface area (Å²) < 4.78 is 0. The van der Waals surface area contributed by atoms with Crippen molar-refractivity contribution < 1.29 is 0 Å². The minimum Gasteiger partial charge on any atom is -0.332 e. The van der Waals surface area contributed by atoms with E-state index in [0.29, 0.717) is 0 Å². The van der Waals surface area contributed by atoms with Crippen LogP contribution in [0.25, 0.3) is 21.9 Å². The molecule has 0 atom stereocenters. The van der Waals surface area contributed by atoms with E-state index in [1.807, 2.05) is 30.7 Å². The van der Waals surface area contributed by atoms with Crippen molar-refractivity contribution in [3.63, 3.8) is 0 Å². The Morgan fingerprint density at radius 3 is 3.00 bits per heavy atom. The molecule has 1 aromatic carbocycles. The Bertz CT molecular complexity index is 630. The zero-order valence-electron chi connectivity index (χ0n) is 8.19. The summed E-state index contributed by atoms with van der Waals surface area (Å²) in [4.78, 5) is 12.1. The van der Waals surface area contributed by atoms with E-state index in [4.69, 9.17) is 0 Å². The van der Waals surface area contributed by atoms with Crippen molar-refractivity contribution in [2.75, 3.05) is 6.26 Å². The van der Waals surface area contributed by atoms with Crippen LogP contribution < -0.4 is 0 Å². The number of thioether (sulfide) groups is 1. The number of hydrogen-bond donors (Lipinski definition) is 1. The van der Waals surface area contributed by atoms with E-state index in [0.717, 1.165) is 27.1 Å². The second kappa shape index (κ2) is 3.24. The van der Waals surface area contributed by atoms with E-state index in [1.165, 1.54) is 0 Å². The number of rotatable bonds is 1. The molecule has 0 saturated carbocycles. The molecule has 0 bridgehead atoms. The van der Waals surface area contributed by atoms with Crippen molar-refractivity contribution in [2.45, 2.75) is 5.16 Å². The van der Waals surface area contributed by atoms with Crippen molar-refractivity contribution in [3.8, 4) is 0 Å². The summed E-state index contributed by atoms with van der Waals surface area (Å²) in [6, 6.07) is 8.05. The molecule has 0 saturated heterocycles. The number of imidazole rings is 1. The van der Waals surface area contributed by atoms with Crippen molar-refractivity contribution >= 4 is 33.7 Å². The van der Waals surface area contributed by atoms with Crippen LogP contribution in [0.4, 0.5) is 0 Å². The molecule has 0 spiro atoms. The number of benzene rings is 1. The molecule has 1 N–H and O–H groups in total. The number of pyridine rings is 1. The summed E-state index contributed by atoms with van der Waals surface area (Å²) in [7, 11) is 0. The van der Waals surface area contributed by atoms with Gasteiger partial charge in [0, 0.05) is 5.39 Å². The first kappa shape index (κ1) is 8.73. The number of aromatic nitrogens is 3. The molecule has 3 rings (SSSR count). The molecule has 0 radical (unpaired) electrons. The third kappa shape index (κ3) is 1.29. The van der Waals surface area contributed by atoms with Crippen LogP contribution >= 0.6 is 11.8 Å². The summed E-state index contributed by atoms with van der Waals surface area (Å²) in [5, 5.41) is 2.04. The number of aromatic amines is 1. The van der Waals surface area contributed by atoms with E-state index in [9.17, 15) is 0 Å². The lowest BCUT2D eigenvalue weighted by Gasteiger charge is -1.95. The molecule has 0 fully saturated rings. The molecule has 3 aromatic rings. The number of nitrogens with zero attached hydrogens (tertiary/aromatic N) is 2. The van der Waals surface area contributed by atoms with Gasteiger partial charge in [-0.25, -0.2) is 4.98 Å². The van der Waals surface area contributed by atoms with Gasteiger partial charge in [0.15, 0.2) is 5.16 Å². The van der Waals surface area contributed by atoms with Crippen LogP contribution in [-0.2, 0) is 0 Å². The molecule has 4 heteroatoms. The van der Waals surface area contributed by atoms with Crippen LogP contribution in [0.1, 0.15) is 0 Å². The zero-order chi connectivity index (χ0) is 10.3. The first-order chi connectivity index (χ1) is 7.38. The number of H-pyrrole nitrogens is 1. The SMILES string of the molecule is CSc1nc2c(cnc3ccccc32)[nH]1. The number of fused-ring (bicyclic) bond motifs is 3. The van der Waals surface area contributed by atoms with Crippen molar-refractivity contribution in [1.29, 1.82) is 0 Å². The van der Waals surface area contributed by atoms with Gasteiger partial charge in [0.2, 0.25) is 0 Å². The quantitative estimate of drug-likeness (QED) is 0.635. The monoisotopic (exact) mass is 215 g/mol. The van der Waals surface area contributed by atoms with Gasteiger partial charge in [-0.2, -0.15) is 0 Å². The maximum Gasteiger partial charge on any atom is 0.166 e. The number of hydrogen-bond acceptors (Lipinski definition) is 3. The lowest BCUT2D eigenvalue weighted by Crippen LogP contribution is -1.79. The molecule has 15 heavy (non-hydrogen) atoms. The predicted octanol–water partition coefficient (Wildman–Crippen LogP) is 2.83. The van der Waals surface area contributed by atoms with Crippen LogP contribution in [0.5, 0.6) is 0 Å². The fraction of sp³-hybridized carbons (Fsp3) is 0.0909. The van der Waals surface area contributed by atoms with Crippen LogP contribution in [0, 0.1) is 0 Å². The first-order valence-electron chi connectivity index (χ1n) is 4.66. The van der Waals surface area contributed by atoms with Gasteiger partial charge in [-0.05, 0) is 12.3 Å². The van der Waals surface area contributed by atoms with Gasteiger partial charge in [-0.1, -0.05) is 30.0 Å². The second-order valence-electron chi connectivity index (χ2n) is 3.28. The lowest BCUT2D eigenvalue weighted by atomic mass is 10.2. The van der Waals surface area contributed by atoms with E-state index < -0.39 is 0 Å². The van der Waals surface area contributed by atoms with Crippen molar-refractivity contribution in [2.24, 2.45) is 0 Å². The van der Waals surface area contributed by atoms with E-state index in [-0.39, 0.29) is 0 Å². The Kier molecular flexibility index (Phi) is 1.89. The number of nitrogens with one attached hydrogen (secondary N) is 1. The highest BCUT2D eigenvalue weighted by Gasteiger charge is 2.05. The van der Waals surface area contributed by atoms with Gasteiger partial charge >= 0.3 is 0 Å². The summed E-state index contributed by atoms with van der Waals surface area (Å²) >= 11 is 1.61. The molecule has 0 amide bonds. The standard InChI is InChI=1S/C11H9N3S/c1-15-11-13-9-6-12-8-5-3-2-4-7(8)10(9)14-11/h2-6H,1H3,(H,13,14). The van der Waals surface area contributed by atoms with Gasteiger partial charge in [-0.15, -0.1) is 0 Å². The molecule has 2 aromatic heterocycles. The van der Waals surface area contributed by atoms with Crippen molar-refractivity contribution in [3.05, 3.63) is 30.5 Å². The molecule has 0 aliphatic carbocycles. The highest BCUT2D eigenvalue weighted by molar-refractivity contribution is 7.98. The van der Waals surface area contributed by atoms with Gasteiger partial charge in [0.05, 0.1) is 17.2 Å². The lowest BCUT2D eigenvalue weighted by molar-refractivity contribution is 1.09. The van der Waals surface area contributed by atoms with Gasteiger partial charge in [0.1, 0.15) is 5.52 Å². The molecule has 2 heterocycles. The minimum atomic E-state index is 0.933. The Labute approximate surface area is 90.9 Å². The highest BCUT2D eigenvalue weighted by atomic mass is 32.2. The predicted molar refractivity (Wildman–Crippen MR) is 63.2 cm³/mol. The maximum absolute atomic E-state index is 4.53. The fourth-order valence-electron chi connectivity index (χ4n) is 1.68. The zero-order valence-corrected chi connectivity index (χ0v) is 9.01. The van der Waals surface area contributed by atoms with Gasteiger partial charge in [-0.3, -0.25) is 4.98 Å². The molecular weight excluding hydrogens is 206 g/mol. The molecule has 0 aliphatic rings. The Balaban J connectivity index is 2.47. The summed E-state index contributed by atoms with van der Waals surface area (Å²) in [6.45, 7) is 0. The molecule has 3 nitrogen and oxygen atoms in total. The average molecular weight is 215 g/mol. The molecule has 74 valence electrons.